The highest BCUT2D eigenvalue weighted by Gasteiger charge is 2.33. The highest BCUT2D eigenvalue weighted by Crippen LogP contribution is 2.34. The molecule has 0 saturated heterocycles. The summed E-state index contributed by atoms with van der Waals surface area (Å²) in [5.41, 5.74) is -0.734. The van der Waals surface area contributed by atoms with Crippen molar-refractivity contribution < 1.29 is 27.5 Å². The highest BCUT2D eigenvalue weighted by molar-refractivity contribution is 7.99. The number of carbonyl (C=O) groups is 2. The van der Waals surface area contributed by atoms with Gasteiger partial charge in [0.25, 0.3) is 0 Å². The van der Waals surface area contributed by atoms with Crippen LogP contribution in [0.25, 0.3) is 11.4 Å². The number of ether oxygens (including phenoxy) is 1. The molecule has 1 aromatic heterocycles. The van der Waals surface area contributed by atoms with Crippen molar-refractivity contribution in [3.05, 3.63) is 54.1 Å². The van der Waals surface area contributed by atoms with E-state index in [1.54, 1.807) is 24.3 Å². The second-order valence-electron chi connectivity index (χ2n) is 7.01. The van der Waals surface area contributed by atoms with Gasteiger partial charge in [-0.15, -0.1) is 10.2 Å². The summed E-state index contributed by atoms with van der Waals surface area (Å²) in [4.78, 5) is 25.8. The number of nitrogens with two attached hydrogens (primary N) is 1. The molecule has 2 aromatic carbocycles. The van der Waals surface area contributed by atoms with Crippen LogP contribution in [0.3, 0.4) is 0 Å². The summed E-state index contributed by atoms with van der Waals surface area (Å²) in [6, 6.07) is 11.7. The first-order valence-corrected chi connectivity index (χ1v) is 10.8. The topological polar surface area (TPSA) is 115 Å². The molecule has 3 rings (SSSR count). The molecule has 0 bridgehead atoms. The van der Waals surface area contributed by atoms with Crippen molar-refractivity contribution in [3.63, 3.8) is 0 Å². The maximum absolute atomic E-state index is 13.1. The van der Waals surface area contributed by atoms with Crippen LogP contribution >= 0.6 is 11.8 Å². The largest absolute Gasteiger partial charge is 0.496 e. The zero-order valence-electron chi connectivity index (χ0n) is 18.2. The molecule has 0 unspecified atom stereocenters. The second-order valence-corrected chi connectivity index (χ2v) is 7.95. The number of benzene rings is 2. The van der Waals surface area contributed by atoms with E-state index in [9.17, 15) is 22.8 Å². The minimum atomic E-state index is -4.62. The number of methoxy groups -OCH3 is 1. The monoisotopic (exact) mass is 494 g/mol. The van der Waals surface area contributed by atoms with E-state index in [-0.39, 0.29) is 16.6 Å². The standard InChI is InChI=1S/C21H21F3N6O3S/c1-29(11-17(31)26-15-9-5-4-8-14(15)21(22,23)24)18(32)12-34-20-28-27-19(30(20)25)13-7-3-6-10-16(13)33-2/h3-10H,11-12,25H2,1-2H3,(H,26,31). The summed E-state index contributed by atoms with van der Waals surface area (Å²) in [5.74, 6) is 5.62. The normalized spacial score (nSPS) is 11.2. The van der Waals surface area contributed by atoms with Crippen LogP contribution in [0.5, 0.6) is 5.75 Å². The van der Waals surface area contributed by atoms with Crippen LogP contribution in [-0.2, 0) is 15.8 Å². The number of hydrogen-bond acceptors (Lipinski definition) is 7. The number of hydrogen-bond donors (Lipinski definition) is 2. The SMILES string of the molecule is COc1ccccc1-c1nnc(SCC(=O)N(C)CC(=O)Nc2ccccc2C(F)(F)F)n1N. The maximum atomic E-state index is 13.1. The lowest BCUT2D eigenvalue weighted by Crippen LogP contribution is -2.36. The quantitative estimate of drug-likeness (QED) is 0.366. The fourth-order valence-electron chi connectivity index (χ4n) is 2.96. The Kier molecular flexibility index (Phi) is 7.66. The fraction of sp³-hybridized carbons (Fsp3) is 0.238. The summed E-state index contributed by atoms with van der Waals surface area (Å²) in [5, 5.41) is 10.5. The predicted molar refractivity (Wildman–Crippen MR) is 121 cm³/mol. The Labute approximate surface area is 197 Å². The number of nitrogens with zero attached hydrogens (tertiary/aromatic N) is 4. The van der Waals surface area contributed by atoms with Gasteiger partial charge in [0, 0.05) is 7.05 Å². The van der Waals surface area contributed by atoms with E-state index in [4.69, 9.17) is 10.6 Å². The number of para-hydroxylation sites is 2. The molecular formula is C21H21F3N6O3S. The van der Waals surface area contributed by atoms with Crippen molar-refractivity contribution in [1.29, 1.82) is 0 Å². The first-order valence-electron chi connectivity index (χ1n) is 9.78. The lowest BCUT2D eigenvalue weighted by atomic mass is 10.1. The van der Waals surface area contributed by atoms with Crippen LogP contribution in [0, 0.1) is 0 Å². The number of carbonyl (C=O) groups excluding carboxylic acids is 2. The van der Waals surface area contributed by atoms with Gasteiger partial charge >= 0.3 is 6.18 Å². The predicted octanol–water partition coefficient (Wildman–Crippen LogP) is 2.88. The highest BCUT2D eigenvalue weighted by atomic mass is 32.2. The summed E-state index contributed by atoms with van der Waals surface area (Å²) in [6.07, 6.45) is -4.62. The van der Waals surface area contributed by atoms with Crippen LogP contribution in [0.4, 0.5) is 18.9 Å². The molecule has 3 N–H and O–H groups in total. The number of rotatable bonds is 8. The molecule has 180 valence electrons. The fourth-order valence-corrected chi connectivity index (χ4v) is 3.75. The zero-order valence-corrected chi connectivity index (χ0v) is 19.0. The Morgan fingerprint density at radius 3 is 2.53 bits per heavy atom. The Bertz CT molecular complexity index is 1180. The molecule has 3 aromatic rings. The average Bonchev–Trinajstić information content (AvgIpc) is 3.16. The molecule has 0 atom stereocenters. The van der Waals surface area contributed by atoms with Crippen LogP contribution in [0.1, 0.15) is 5.56 Å². The van der Waals surface area contributed by atoms with Crippen LogP contribution in [0.15, 0.2) is 53.7 Å². The number of nitrogens with one attached hydrogen (secondary N) is 1. The van der Waals surface area contributed by atoms with Crippen molar-refractivity contribution in [2.24, 2.45) is 0 Å². The van der Waals surface area contributed by atoms with Gasteiger partial charge in [0.2, 0.25) is 17.0 Å². The summed E-state index contributed by atoms with van der Waals surface area (Å²) in [6.45, 7) is -0.437. The second kappa shape index (κ2) is 10.5. The lowest BCUT2D eigenvalue weighted by Gasteiger charge is -2.18. The molecule has 0 radical (unpaired) electrons. The van der Waals surface area contributed by atoms with Crippen LogP contribution < -0.4 is 15.9 Å². The molecule has 1 heterocycles. The number of aromatic nitrogens is 3. The Morgan fingerprint density at radius 2 is 1.82 bits per heavy atom. The average molecular weight is 494 g/mol. The summed E-state index contributed by atoms with van der Waals surface area (Å²) >= 11 is 1.00. The molecular weight excluding hydrogens is 473 g/mol. The van der Waals surface area contributed by atoms with Gasteiger partial charge < -0.3 is 20.8 Å². The van der Waals surface area contributed by atoms with E-state index < -0.39 is 30.1 Å². The number of likely N-dealkylation sites (N-methyl/N-ethyl adjacent to an activating group) is 1. The Balaban J connectivity index is 1.59. The summed E-state index contributed by atoms with van der Waals surface area (Å²) in [7, 11) is 2.88. The smallest absolute Gasteiger partial charge is 0.418 e. The van der Waals surface area contributed by atoms with Crippen molar-refractivity contribution in [2.75, 3.05) is 37.6 Å². The number of amides is 2. The van der Waals surface area contributed by atoms with Crippen molar-refractivity contribution in [2.45, 2.75) is 11.3 Å². The molecule has 0 aliphatic heterocycles. The van der Waals surface area contributed by atoms with Gasteiger partial charge in [-0.1, -0.05) is 36.0 Å². The Morgan fingerprint density at radius 1 is 1.15 bits per heavy atom. The first-order chi connectivity index (χ1) is 16.1. The molecule has 34 heavy (non-hydrogen) atoms. The minimum Gasteiger partial charge on any atom is -0.496 e. The molecule has 0 saturated carbocycles. The van der Waals surface area contributed by atoms with Crippen molar-refractivity contribution in [1.82, 2.24) is 19.8 Å². The van der Waals surface area contributed by atoms with E-state index in [0.29, 0.717) is 17.1 Å². The van der Waals surface area contributed by atoms with Gasteiger partial charge in [-0.3, -0.25) is 9.59 Å². The molecule has 9 nitrogen and oxygen atoms in total. The molecule has 2 amide bonds. The molecule has 0 fully saturated rings. The van der Waals surface area contributed by atoms with Gasteiger partial charge in [-0.25, -0.2) is 4.68 Å². The summed E-state index contributed by atoms with van der Waals surface area (Å²) < 4.78 is 45.8. The molecule has 0 aliphatic carbocycles. The van der Waals surface area contributed by atoms with Crippen LogP contribution in [0.2, 0.25) is 0 Å². The van der Waals surface area contributed by atoms with Gasteiger partial charge in [-0.05, 0) is 24.3 Å². The van der Waals surface area contributed by atoms with Crippen molar-refractivity contribution in [3.8, 4) is 17.1 Å². The molecule has 13 heteroatoms. The number of thioether (sulfide) groups is 1. The first kappa shape index (κ1) is 24.9. The van der Waals surface area contributed by atoms with Crippen LogP contribution in [-0.4, -0.2) is 58.0 Å². The van der Waals surface area contributed by atoms with Crippen molar-refractivity contribution >= 4 is 29.3 Å². The number of nitrogen functional groups attached to an aromatic ring is 1. The van der Waals surface area contributed by atoms with Gasteiger partial charge in [-0.2, -0.15) is 13.2 Å². The van der Waals surface area contributed by atoms with E-state index in [0.717, 1.165) is 28.8 Å². The lowest BCUT2D eigenvalue weighted by molar-refractivity contribution is -0.137. The minimum absolute atomic E-state index is 0.121. The van der Waals surface area contributed by atoms with E-state index in [1.807, 2.05) is 0 Å². The van der Waals surface area contributed by atoms with E-state index in [1.165, 1.54) is 31.0 Å². The van der Waals surface area contributed by atoms with Gasteiger partial charge in [0.05, 0.1) is 36.2 Å². The third-order valence-corrected chi connectivity index (χ3v) is 5.58. The zero-order chi connectivity index (χ0) is 24.9. The number of anilines is 1. The van der Waals surface area contributed by atoms with Gasteiger partial charge in [0.15, 0.2) is 5.82 Å². The molecule has 0 aliphatic rings. The third-order valence-electron chi connectivity index (χ3n) is 4.65. The van der Waals surface area contributed by atoms with E-state index >= 15 is 0 Å². The Hall–Kier alpha value is -3.74. The number of alkyl halides is 3. The third kappa shape index (κ3) is 5.78. The maximum Gasteiger partial charge on any atom is 0.418 e. The van der Waals surface area contributed by atoms with E-state index in [2.05, 4.69) is 15.5 Å². The number of halogens is 3. The van der Waals surface area contributed by atoms with Gasteiger partial charge in [0.1, 0.15) is 5.75 Å². The molecule has 0 spiro atoms.